The molecule has 4 amide bonds. The van der Waals surface area contributed by atoms with E-state index in [1.807, 2.05) is 0 Å². The van der Waals surface area contributed by atoms with Gasteiger partial charge in [-0.15, -0.1) is 0 Å². The predicted molar refractivity (Wildman–Crippen MR) is 151 cm³/mol. The maximum Gasteiger partial charge on any atom is 1.00 e. The van der Waals surface area contributed by atoms with Gasteiger partial charge in [0.2, 0.25) is 23.6 Å². The molecule has 0 saturated carbocycles. The minimum atomic E-state index is -6.00. The molecule has 24 heteroatoms. The van der Waals surface area contributed by atoms with Crippen LogP contribution in [0.5, 0.6) is 0 Å². The zero-order valence-electron chi connectivity index (χ0n) is 23.8. The Balaban J connectivity index is -0.000000244. The molecule has 12 nitrogen and oxygen atoms in total. The Labute approximate surface area is 298 Å². The minimum Gasteiger partial charge on any atom is -0.418 e. The standard InChI is InChI=1S/4C6H6N2O.2Ag.2BF4/c4*7-6(9)5-1-3-8-4-2-5;;;2*2-1(3,4)5/h4*1-4H,(H2,7,9);;;;/q;;;;2*+1;2*-1. The topological polar surface area (TPSA) is 224 Å². The van der Waals surface area contributed by atoms with Crippen molar-refractivity contribution in [2.24, 2.45) is 22.9 Å². The summed E-state index contributed by atoms with van der Waals surface area (Å²) < 4.78 is 78.0. The largest absolute Gasteiger partial charge is 1.00 e. The Morgan fingerprint density at radius 1 is 0.375 bits per heavy atom. The fraction of sp³-hybridized carbons (Fsp3) is 0. The number of hydrogen-bond donors (Lipinski definition) is 4. The summed E-state index contributed by atoms with van der Waals surface area (Å²) in [6.45, 7) is 0. The summed E-state index contributed by atoms with van der Waals surface area (Å²) in [7, 11) is -12.0. The van der Waals surface area contributed by atoms with Gasteiger partial charge in [-0.25, -0.2) is 0 Å². The molecule has 0 aromatic carbocycles. The summed E-state index contributed by atoms with van der Waals surface area (Å²) >= 11 is 0. The van der Waals surface area contributed by atoms with Crippen LogP contribution in [0.15, 0.2) is 98.1 Å². The van der Waals surface area contributed by atoms with E-state index < -0.39 is 38.1 Å². The molecule has 4 heterocycles. The second-order valence-electron chi connectivity index (χ2n) is 7.39. The first-order chi connectivity index (χ1) is 21.2. The average Bonchev–Trinajstić information content (AvgIpc) is 2.98. The molecule has 0 unspecified atom stereocenters. The first kappa shape index (κ1) is 50.4. The molecule has 0 atom stereocenters. The number of primary amides is 4. The third-order valence-electron chi connectivity index (χ3n) is 3.86. The van der Waals surface area contributed by atoms with Crippen LogP contribution in [-0.2, 0) is 44.8 Å². The Morgan fingerprint density at radius 2 is 0.479 bits per heavy atom. The SMILES string of the molecule is F[B-](F)(F)F.F[B-](F)(F)F.NC(=O)c1ccncc1.NC(=O)c1ccncc1.NC(=O)c1ccncc1.NC(=O)c1ccncc1.[Ag+].[Ag+]. The molecule has 4 aromatic rings. The molecule has 268 valence electrons. The number of nitrogens with two attached hydrogens (primary N) is 4. The Hall–Kier alpha value is -4.47. The van der Waals surface area contributed by atoms with Gasteiger partial charge in [-0.2, -0.15) is 0 Å². The van der Waals surface area contributed by atoms with Crippen molar-refractivity contribution in [3.63, 3.8) is 0 Å². The number of carbonyl (C=O) groups is 4. The van der Waals surface area contributed by atoms with Gasteiger partial charge in [0, 0.05) is 71.8 Å². The number of pyridine rings is 4. The number of hydrogen-bond acceptors (Lipinski definition) is 8. The van der Waals surface area contributed by atoms with Gasteiger partial charge < -0.3 is 57.5 Å². The van der Waals surface area contributed by atoms with E-state index in [0.29, 0.717) is 22.3 Å². The quantitative estimate of drug-likeness (QED) is 0.175. The molecule has 0 radical (unpaired) electrons. The second-order valence-corrected chi connectivity index (χ2v) is 7.39. The molecule has 8 N–H and O–H groups in total. The minimum absolute atomic E-state index is 0. The third kappa shape index (κ3) is 36.0. The van der Waals surface area contributed by atoms with Gasteiger partial charge in [0.05, 0.1) is 0 Å². The van der Waals surface area contributed by atoms with Gasteiger partial charge in [-0.1, -0.05) is 0 Å². The number of amides is 4. The molecule has 0 aliphatic carbocycles. The van der Waals surface area contributed by atoms with Crippen molar-refractivity contribution in [3.8, 4) is 0 Å². The van der Waals surface area contributed by atoms with E-state index in [0.717, 1.165) is 0 Å². The first-order valence-corrected chi connectivity index (χ1v) is 11.8. The van der Waals surface area contributed by atoms with Gasteiger partial charge in [-0.3, -0.25) is 39.1 Å². The number of halogens is 8. The van der Waals surface area contributed by atoms with Crippen molar-refractivity contribution in [3.05, 3.63) is 120 Å². The summed E-state index contributed by atoms with van der Waals surface area (Å²) in [5, 5.41) is 0. The normalized spacial score (nSPS) is 9.17. The maximum atomic E-state index is 10.4. The molecule has 4 rings (SSSR count). The monoisotopic (exact) mass is 876 g/mol. The molecular formula is C24H24Ag2B2F8N8O4. The van der Waals surface area contributed by atoms with Crippen molar-refractivity contribution >= 4 is 38.1 Å². The van der Waals surface area contributed by atoms with Crippen molar-refractivity contribution in [1.29, 1.82) is 0 Å². The molecular weight excluding hydrogens is 854 g/mol. The first-order valence-electron chi connectivity index (χ1n) is 11.8. The van der Waals surface area contributed by atoms with Crippen LogP contribution in [0.1, 0.15) is 41.4 Å². The number of rotatable bonds is 4. The Bertz CT molecular complexity index is 1230. The third-order valence-corrected chi connectivity index (χ3v) is 3.86. The van der Waals surface area contributed by atoms with Gasteiger partial charge in [0.1, 0.15) is 0 Å². The average molecular weight is 878 g/mol. The molecule has 4 aromatic heterocycles. The zero-order chi connectivity index (χ0) is 35.8. The second kappa shape index (κ2) is 27.6. The Morgan fingerprint density at radius 3 is 0.542 bits per heavy atom. The molecule has 0 aliphatic rings. The van der Waals surface area contributed by atoms with Crippen molar-refractivity contribution < 1.29 is 98.5 Å². The molecule has 0 bridgehead atoms. The van der Waals surface area contributed by atoms with Crippen LogP contribution in [0.4, 0.5) is 34.5 Å². The van der Waals surface area contributed by atoms with Crippen molar-refractivity contribution in [2.75, 3.05) is 0 Å². The van der Waals surface area contributed by atoms with Crippen LogP contribution in [-0.4, -0.2) is 58.1 Å². The van der Waals surface area contributed by atoms with Crippen LogP contribution >= 0.6 is 0 Å². The number of nitrogens with zero attached hydrogens (tertiary/aromatic N) is 4. The summed E-state index contributed by atoms with van der Waals surface area (Å²) in [6.07, 6.45) is 12.2. The fourth-order valence-corrected chi connectivity index (χ4v) is 2.06. The maximum absolute atomic E-state index is 10.4. The van der Waals surface area contributed by atoms with Crippen molar-refractivity contribution in [1.82, 2.24) is 19.9 Å². The van der Waals surface area contributed by atoms with Crippen LogP contribution in [0, 0.1) is 0 Å². The zero-order valence-corrected chi connectivity index (χ0v) is 26.7. The van der Waals surface area contributed by atoms with Crippen LogP contribution in [0.3, 0.4) is 0 Å². The van der Waals surface area contributed by atoms with E-state index >= 15 is 0 Å². The molecule has 0 spiro atoms. The predicted octanol–water partition coefficient (Wildman–Crippen LogP) is 3.32. The smallest absolute Gasteiger partial charge is 0.418 e. The Kier molecular flexibility index (Phi) is 29.0. The van der Waals surface area contributed by atoms with Crippen LogP contribution < -0.4 is 22.9 Å². The van der Waals surface area contributed by atoms with E-state index in [2.05, 4.69) is 19.9 Å². The molecule has 0 fully saturated rings. The molecule has 0 saturated heterocycles. The van der Waals surface area contributed by atoms with E-state index in [1.165, 1.54) is 49.6 Å². The van der Waals surface area contributed by atoms with Gasteiger partial charge in [0.25, 0.3) is 0 Å². The molecule has 48 heavy (non-hydrogen) atoms. The molecule has 0 aliphatic heterocycles. The van der Waals surface area contributed by atoms with E-state index in [4.69, 9.17) is 22.9 Å². The van der Waals surface area contributed by atoms with Crippen LogP contribution in [0.2, 0.25) is 0 Å². The van der Waals surface area contributed by atoms with Crippen molar-refractivity contribution in [2.45, 2.75) is 0 Å². The summed E-state index contributed by atoms with van der Waals surface area (Å²) in [5.74, 6) is -1.68. The van der Waals surface area contributed by atoms with Gasteiger partial charge in [0.15, 0.2) is 0 Å². The number of aromatic nitrogens is 4. The summed E-state index contributed by atoms with van der Waals surface area (Å²) in [4.78, 5) is 56.5. The summed E-state index contributed by atoms with van der Waals surface area (Å²) in [5.41, 5.74) is 21.8. The van der Waals surface area contributed by atoms with E-state index in [1.54, 1.807) is 48.5 Å². The van der Waals surface area contributed by atoms with Gasteiger partial charge in [-0.05, 0) is 48.5 Å². The fourth-order valence-electron chi connectivity index (χ4n) is 2.06. The van der Waals surface area contributed by atoms with Gasteiger partial charge >= 0.3 is 59.3 Å². The summed E-state index contributed by atoms with van der Waals surface area (Å²) in [6, 6.07) is 12.6. The number of carbonyl (C=O) groups excluding carboxylic acids is 4. The van der Waals surface area contributed by atoms with E-state index in [-0.39, 0.29) is 44.8 Å². The van der Waals surface area contributed by atoms with E-state index in [9.17, 15) is 53.7 Å². The van der Waals surface area contributed by atoms with Crippen LogP contribution in [0.25, 0.3) is 0 Å².